The Morgan fingerprint density at radius 2 is 1.76 bits per heavy atom. The fraction of sp³-hybridized carbons (Fsp3) is 0.188. The van der Waals surface area contributed by atoms with Crippen molar-refractivity contribution >= 4 is 49.1 Å². The van der Waals surface area contributed by atoms with Crippen LogP contribution in [0.4, 0.5) is 11.4 Å². The molecule has 0 aliphatic rings. The van der Waals surface area contributed by atoms with Crippen LogP contribution < -0.4 is 11.1 Å². The van der Waals surface area contributed by atoms with Gasteiger partial charge in [0.25, 0.3) is 5.91 Å². The van der Waals surface area contributed by atoms with E-state index in [4.69, 9.17) is 5.73 Å². The number of carbonyl (C=O) groups is 1. The minimum Gasteiger partial charge on any atom is -0.397 e. The number of nitrogens with one attached hydrogen (secondary N) is 1. The van der Waals surface area contributed by atoms with Crippen molar-refractivity contribution in [2.75, 3.05) is 11.1 Å². The maximum atomic E-state index is 12.3. The van der Waals surface area contributed by atoms with Gasteiger partial charge in [0.2, 0.25) is 0 Å². The molecule has 0 spiro atoms. The van der Waals surface area contributed by atoms with E-state index in [0.29, 0.717) is 22.9 Å². The number of rotatable bonds is 3. The van der Waals surface area contributed by atoms with Gasteiger partial charge in [0.1, 0.15) is 0 Å². The third-order valence-corrected chi connectivity index (χ3v) is 4.25. The minimum absolute atomic E-state index is 0.181. The van der Waals surface area contributed by atoms with E-state index >= 15 is 0 Å². The van der Waals surface area contributed by atoms with Gasteiger partial charge in [-0.3, -0.25) is 4.79 Å². The molecule has 110 valence electrons. The Bertz CT molecular complexity index is 643. The van der Waals surface area contributed by atoms with Gasteiger partial charge in [0.15, 0.2) is 0 Å². The highest BCUT2D eigenvalue weighted by Gasteiger charge is 2.12. The molecular formula is C16H16Br2N2O. The van der Waals surface area contributed by atoms with Crippen molar-refractivity contribution in [3.8, 4) is 0 Å². The minimum atomic E-state index is -0.181. The molecule has 0 heterocycles. The van der Waals surface area contributed by atoms with Crippen molar-refractivity contribution in [3.63, 3.8) is 0 Å². The third kappa shape index (κ3) is 3.86. The van der Waals surface area contributed by atoms with Crippen LogP contribution in [-0.2, 0) is 0 Å². The summed E-state index contributed by atoms with van der Waals surface area (Å²) in [5.74, 6) is 0.262. The number of nitrogen functional groups attached to an aromatic ring is 1. The number of hydrogen-bond donors (Lipinski definition) is 2. The molecule has 0 aliphatic heterocycles. The van der Waals surface area contributed by atoms with Crippen LogP contribution in [0.5, 0.6) is 0 Å². The van der Waals surface area contributed by atoms with Crippen LogP contribution >= 0.6 is 31.9 Å². The molecule has 3 nitrogen and oxygen atoms in total. The van der Waals surface area contributed by atoms with E-state index in [1.165, 1.54) is 5.56 Å². The standard InChI is InChI=1S/C16H16Br2N2O/c1-9(2)10-3-5-11(6-4-10)16(21)20-15-13(18)7-12(17)8-14(15)19/h3-9H,19H2,1-2H3,(H,20,21). The van der Waals surface area contributed by atoms with Crippen LogP contribution in [0.2, 0.25) is 0 Å². The molecule has 0 saturated heterocycles. The summed E-state index contributed by atoms with van der Waals surface area (Å²) in [4.78, 5) is 12.3. The quantitative estimate of drug-likeness (QED) is 0.684. The first-order valence-electron chi connectivity index (χ1n) is 6.54. The Hall–Kier alpha value is -1.33. The molecule has 0 unspecified atom stereocenters. The highest BCUT2D eigenvalue weighted by Crippen LogP contribution is 2.32. The summed E-state index contributed by atoms with van der Waals surface area (Å²) in [6.07, 6.45) is 0. The predicted octanol–water partition coefficient (Wildman–Crippen LogP) is 5.17. The number of nitrogens with two attached hydrogens (primary N) is 1. The molecule has 0 saturated carbocycles. The van der Waals surface area contributed by atoms with Gasteiger partial charge >= 0.3 is 0 Å². The van der Waals surface area contributed by atoms with Crippen molar-refractivity contribution in [2.24, 2.45) is 0 Å². The second-order valence-corrected chi connectivity index (χ2v) is 6.85. The molecule has 1 amide bonds. The average molecular weight is 412 g/mol. The van der Waals surface area contributed by atoms with Crippen molar-refractivity contribution < 1.29 is 4.79 Å². The summed E-state index contributed by atoms with van der Waals surface area (Å²) in [6.45, 7) is 4.24. The van der Waals surface area contributed by atoms with E-state index in [1.807, 2.05) is 30.3 Å². The summed E-state index contributed by atoms with van der Waals surface area (Å²) < 4.78 is 1.59. The van der Waals surface area contributed by atoms with E-state index in [9.17, 15) is 4.79 Å². The summed E-state index contributed by atoms with van der Waals surface area (Å²) in [6, 6.07) is 11.2. The van der Waals surface area contributed by atoms with Crippen LogP contribution in [0, 0.1) is 0 Å². The molecule has 3 N–H and O–H groups in total. The SMILES string of the molecule is CC(C)c1ccc(C(=O)Nc2c(N)cc(Br)cc2Br)cc1. The zero-order valence-electron chi connectivity index (χ0n) is 11.8. The van der Waals surface area contributed by atoms with Gasteiger partial charge in [-0.05, 0) is 51.7 Å². The van der Waals surface area contributed by atoms with E-state index < -0.39 is 0 Å². The van der Waals surface area contributed by atoms with Crippen LogP contribution in [0.25, 0.3) is 0 Å². The molecule has 0 atom stereocenters. The number of anilines is 2. The number of carbonyl (C=O) groups excluding carboxylic acids is 1. The number of hydrogen-bond acceptors (Lipinski definition) is 2. The Labute approximate surface area is 141 Å². The lowest BCUT2D eigenvalue weighted by atomic mass is 10.0. The highest BCUT2D eigenvalue weighted by molar-refractivity contribution is 9.11. The molecule has 21 heavy (non-hydrogen) atoms. The Kier molecular flexibility index (Phi) is 5.06. The maximum Gasteiger partial charge on any atom is 0.255 e. The van der Waals surface area contributed by atoms with Gasteiger partial charge < -0.3 is 11.1 Å². The zero-order chi connectivity index (χ0) is 15.6. The van der Waals surface area contributed by atoms with Gasteiger partial charge in [-0.2, -0.15) is 0 Å². The average Bonchev–Trinajstić information content (AvgIpc) is 2.42. The number of benzene rings is 2. The van der Waals surface area contributed by atoms with Gasteiger partial charge in [-0.1, -0.05) is 41.9 Å². The fourth-order valence-corrected chi connectivity index (χ4v) is 3.29. The Morgan fingerprint density at radius 1 is 1.14 bits per heavy atom. The molecule has 2 aromatic carbocycles. The van der Waals surface area contributed by atoms with Crippen molar-refractivity contribution in [2.45, 2.75) is 19.8 Å². The molecule has 0 radical (unpaired) electrons. The van der Waals surface area contributed by atoms with Crippen LogP contribution in [0.3, 0.4) is 0 Å². The molecule has 5 heteroatoms. The first kappa shape index (κ1) is 16.0. The van der Waals surface area contributed by atoms with Gasteiger partial charge in [-0.25, -0.2) is 0 Å². The first-order chi connectivity index (χ1) is 9.88. The molecule has 0 aliphatic carbocycles. The van der Waals surface area contributed by atoms with Gasteiger partial charge in [0.05, 0.1) is 11.4 Å². The third-order valence-electron chi connectivity index (χ3n) is 3.16. The van der Waals surface area contributed by atoms with E-state index in [1.54, 1.807) is 6.07 Å². The summed E-state index contributed by atoms with van der Waals surface area (Å²) >= 11 is 6.76. The topological polar surface area (TPSA) is 55.1 Å². The van der Waals surface area contributed by atoms with E-state index in [-0.39, 0.29) is 5.91 Å². The predicted molar refractivity (Wildman–Crippen MR) is 94.7 cm³/mol. The lowest BCUT2D eigenvalue weighted by molar-refractivity contribution is 0.102. The molecule has 2 rings (SSSR count). The molecular weight excluding hydrogens is 396 g/mol. The first-order valence-corrected chi connectivity index (χ1v) is 8.13. The fourth-order valence-electron chi connectivity index (χ4n) is 1.93. The monoisotopic (exact) mass is 410 g/mol. The summed E-state index contributed by atoms with van der Waals surface area (Å²) in [5, 5.41) is 2.84. The summed E-state index contributed by atoms with van der Waals surface area (Å²) in [5.41, 5.74) is 8.83. The van der Waals surface area contributed by atoms with Crippen molar-refractivity contribution in [1.29, 1.82) is 0 Å². The second kappa shape index (κ2) is 6.62. The van der Waals surface area contributed by atoms with Gasteiger partial charge in [-0.15, -0.1) is 0 Å². The van der Waals surface area contributed by atoms with E-state index in [0.717, 1.165) is 8.95 Å². The second-order valence-electron chi connectivity index (χ2n) is 5.08. The van der Waals surface area contributed by atoms with E-state index in [2.05, 4.69) is 51.0 Å². The molecule has 2 aromatic rings. The Balaban J connectivity index is 2.22. The van der Waals surface area contributed by atoms with Crippen molar-refractivity contribution in [3.05, 3.63) is 56.5 Å². The largest absolute Gasteiger partial charge is 0.397 e. The van der Waals surface area contributed by atoms with Gasteiger partial charge in [0, 0.05) is 14.5 Å². The Morgan fingerprint density at radius 3 is 2.29 bits per heavy atom. The van der Waals surface area contributed by atoms with Crippen LogP contribution in [0.1, 0.15) is 35.7 Å². The normalized spacial score (nSPS) is 10.7. The lowest BCUT2D eigenvalue weighted by Gasteiger charge is -2.12. The smallest absolute Gasteiger partial charge is 0.255 e. The summed E-state index contributed by atoms with van der Waals surface area (Å²) in [7, 11) is 0. The van der Waals surface area contributed by atoms with Crippen molar-refractivity contribution in [1.82, 2.24) is 0 Å². The van der Waals surface area contributed by atoms with Crippen LogP contribution in [0.15, 0.2) is 45.3 Å². The lowest BCUT2D eigenvalue weighted by Crippen LogP contribution is -2.13. The maximum absolute atomic E-state index is 12.3. The number of halogens is 2. The zero-order valence-corrected chi connectivity index (χ0v) is 15.0. The molecule has 0 bridgehead atoms. The molecule has 0 aromatic heterocycles. The molecule has 0 fully saturated rings. The number of amides is 1. The van der Waals surface area contributed by atoms with Crippen LogP contribution in [-0.4, -0.2) is 5.91 Å². The highest BCUT2D eigenvalue weighted by atomic mass is 79.9.